The third kappa shape index (κ3) is 6.44. The minimum Gasteiger partial charge on any atom is -0.497 e. The lowest BCUT2D eigenvalue weighted by molar-refractivity contribution is 0.00763. The predicted octanol–water partition coefficient (Wildman–Crippen LogP) is 5.06. The Morgan fingerprint density at radius 1 is 1.00 bits per heavy atom. The Hall–Kier alpha value is -2.49. The van der Waals surface area contributed by atoms with Gasteiger partial charge in [0.2, 0.25) is 10.0 Å². The van der Waals surface area contributed by atoms with E-state index in [4.69, 9.17) is 21.1 Å². The molecule has 3 aromatic rings. The summed E-state index contributed by atoms with van der Waals surface area (Å²) < 4.78 is 53.2. The van der Waals surface area contributed by atoms with Crippen molar-refractivity contribution in [3.05, 3.63) is 94.3 Å². The van der Waals surface area contributed by atoms with E-state index in [9.17, 15) is 12.8 Å². The molecule has 6 nitrogen and oxygen atoms in total. The maximum absolute atomic E-state index is 14.0. The van der Waals surface area contributed by atoms with Crippen LogP contribution in [0.3, 0.4) is 0 Å². The highest BCUT2D eigenvalue weighted by atomic mass is 35.5. The second kappa shape index (κ2) is 11.7. The van der Waals surface area contributed by atoms with Crippen molar-refractivity contribution in [2.45, 2.75) is 24.5 Å². The molecule has 1 atom stereocenters. The van der Waals surface area contributed by atoms with E-state index in [1.54, 1.807) is 14.0 Å². The highest BCUT2D eigenvalue weighted by Gasteiger charge is 2.30. The summed E-state index contributed by atoms with van der Waals surface area (Å²) in [4.78, 5) is 2.17. The van der Waals surface area contributed by atoms with E-state index < -0.39 is 15.8 Å². The van der Waals surface area contributed by atoms with Gasteiger partial charge in [-0.05, 0) is 60.0 Å². The zero-order valence-corrected chi connectivity index (χ0v) is 21.9. The molecule has 0 amide bonds. The zero-order chi connectivity index (χ0) is 25.7. The van der Waals surface area contributed by atoms with E-state index in [0.717, 1.165) is 22.9 Å². The second-order valence-electron chi connectivity index (χ2n) is 8.82. The molecule has 9 heteroatoms. The Morgan fingerprint density at radius 2 is 1.75 bits per heavy atom. The Morgan fingerprint density at radius 3 is 2.44 bits per heavy atom. The monoisotopic (exact) mass is 532 g/mol. The fourth-order valence-corrected chi connectivity index (χ4v) is 5.84. The zero-order valence-electron chi connectivity index (χ0n) is 20.4. The van der Waals surface area contributed by atoms with Crippen LogP contribution in [0.25, 0.3) is 0 Å². The number of rotatable bonds is 9. The Balaban J connectivity index is 1.44. The van der Waals surface area contributed by atoms with Crippen LogP contribution in [0.15, 0.2) is 71.6 Å². The average Bonchev–Trinajstić information content (AvgIpc) is 2.88. The van der Waals surface area contributed by atoms with Crippen LogP contribution < -0.4 is 4.74 Å². The summed E-state index contributed by atoms with van der Waals surface area (Å²) in [5, 5.41) is 0.653. The van der Waals surface area contributed by atoms with Crippen molar-refractivity contribution in [2.75, 3.05) is 39.8 Å². The number of sulfonamides is 1. The van der Waals surface area contributed by atoms with E-state index in [2.05, 4.69) is 4.90 Å². The summed E-state index contributed by atoms with van der Waals surface area (Å²) in [6, 6.07) is 19.4. The first-order valence-corrected chi connectivity index (χ1v) is 13.6. The molecule has 1 aliphatic heterocycles. The third-order valence-electron chi connectivity index (χ3n) is 6.34. The normalized spacial score (nSPS) is 16.1. The van der Waals surface area contributed by atoms with E-state index >= 15 is 0 Å². The van der Waals surface area contributed by atoms with Crippen LogP contribution in [0.5, 0.6) is 5.75 Å². The van der Waals surface area contributed by atoms with Gasteiger partial charge in [-0.1, -0.05) is 41.9 Å². The molecule has 3 aromatic carbocycles. The van der Waals surface area contributed by atoms with E-state index in [0.29, 0.717) is 49.9 Å². The Kier molecular flexibility index (Phi) is 8.64. The average molecular weight is 533 g/mol. The first-order valence-electron chi connectivity index (χ1n) is 11.7. The quantitative estimate of drug-likeness (QED) is 0.385. The van der Waals surface area contributed by atoms with Gasteiger partial charge in [0.05, 0.1) is 24.7 Å². The molecule has 0 saturated carbocycles. The van der Waals surface area contributed by atoms with Crippen LogP contribution in [0.4, 0.5) is 4.39 Å². The molecule has 0 N–H and O–H groups in total. The standard InChI is InChI=1S/C27H30ClFN2O4S/c1-20-9-10-25(17-26(20)29)36(32,33)31-13-11-30(12-14-31)18-27(22-6-4-8-24(16-22)34-2)35-19-21-5-3-7-23(28)15-21/h3-10,15-17,27H,11-14,18-19H2,1-2H3/t27-/m0/s1. The van der Waals surface area contributed by atoms with Crippen molar-refractivity contribution in [3.8, 4) is 5.75 Å². The summed E-state index contributed by atoms with van der Waals surface area (Å²) in [7, 11) is -2.13. The van der Waals surface area contributed by atoms with Gasteiger partial charge in [0, 0.05) is 37.7 Å². The van der Waals surface area contributed by atoms with Gasteiger partial charge in [-0.25, -0.2) is 12.8 Å². The number of ether oxygens (including phenoxy) is 2. The predicted molar refractivity (Wildman–Crippen MR) is 138 cm³/mol. The Bertz CT molecular complexity index is 1300. The first kappa shape index (κ1) is 26.6. The van der Waals surface area contributed by atoms with Gasteiger partial charge < -0.3 is 9.47 Å². The molecule has 1 fully saturated rings. The number of benzene rings is 3. The first-order chi connectivity index (χ1) is 17.3. The fourth-order valence-electron chi connectivity index (χ4n) is 4.19. The van der Waals surface area contributed by atoms with Crippen molar-refractivity contribution in [3.63, 3.8) is 0 Å². The number of hydrogen-bond acceptors (Lipinski definition) is 5. The third-order valence-corrected chi connectivity index (χ3v) is 8.47. The molecule has 1 aliphatic rings. The smallest absolute Gasteiger partial charge is 0.243 e. The van der Waals surface area contributed by atoms with Crippen molar-refractivity contribution < 1.29 is 22.3 Å². The largest absolute Gasteiger partial charge is 0.497 e. The van der Waals surface area contributed by atoms with Crippen LogP contribution in [-0.4, -0.2) is 57.5 Å². The van der Waals surface area contributed by atoms with Gasteiger partial charge in [-0.15, -0.1) is 0 Å². The van der Waals surface area contributed by atoms with E-state index in [1.807, 2.05) is 48.5 Å². The van der Waals surface area contributed by atoms with Crippen molar-refractivity contribution in [2.24, 2.45) is 0 Å². The molecular weight excluding hydrogens is 503 g/mol. The maximum Gasteiger partial charge on any atom is 0.243 e. The van der Waals surface area contributed by atoms with Crippen molar-refractivity contribution in [1.29, 1.82) is 0 Å². The SMILES string of the molecule is COc1cccc([C@H](CN2CCN(S(=O)(=O)c3ccc(C)c(F)c3)CC2)OCc2cccc(Cl)c2)c1. The molecule has 1 heterocycles. The summed E-state index contributed by atoms with van der Waals surface area (Å²) in [5.41, 5.74) is 2.36. The van der Waals surface area contributed by atoms with Crippen molar-refractivity contribution >= 4 is 21.6 Å². The lowest BCUT2D eigenvalue weighted by atomic mass is 10.1. The summed E-state index contributed by atoms with van der Waals surface area (Å²) in [6.45, 7) is 4.28. The van der Waals surface area contributed by atoms with E-state index in [1.165, 1.54) is 16.4 Å². The van der Waals surface area contributed by atoms with Crippen LogP contribution in [0.1, 0.15) is 22.8 Å². The van der Waals surface area contributed by atoms with Gasteiger partial charge in [-0.3, -0.25) is 4.90 Å². The Labute approximate surface area is 217 Å². The molecule has 0 aliphatic carbocycles. The topological polar surface area (TPSA) is 59.1 Å². The van der Waals surface area contributed by atoms with Crippen LogP contribution in [0.2, 0.25) is 5.02 Å². The minimum absolute atomic E-state index is 0.0156. The number of nitrogens with zero attached hydrogens (tertiary/aromatic N) is 2. The highest BCUT2D eigenvalue weighted by molar-refractivity contribution is 7.89. The molecule has 36 heavy (non-hydrogen) atoms. The highest BCUT2D eigenvalue weighted by Crippen LogP contribution is 2.26. The number of piperazine rings is 1. The van der Waals surface area contributed by atoms with Crippen LogP contribution >= 0.6 is 11.6 Å². The maximum atomic E-state index is 14.0. The van der Waals surface area contributed by atoms with Crippen LogP contribution in [0, 0.1) is 12.7 Å². The molecule has 0 spiro atoms. The molecule has 0 radical (unpaired) electrons. The number of methoxy groups -OCH3 is 1. The molecule has 0 unspecified atom stereocenters. The van der Waals surface area contributed by atoms with Gasteiger partial charge in [0.15, 0.2) is 0 Å². The number of aryl methyl sites for hydroxylation is 1. The lowest BCUT2D eigenvalue weighted by Crippen LogP contribution is -2.49. The van der Waals surface area contributed by atoms with Gasteiger partial charge in [0.25, 0.3) is 0 Å². The number of hydrogen-bond donors (Lipinski definition) is 0. The van der Waals surface area contributed by atoms with Gasteiger partial charge in [0.1, 0.15) is 11.6 Å². The van der Waals surface area contributed by atoms with E-state index in [-0.39, 0.29) is 11.0 Å². The molecule has 192 valence electrons. The summed E-state index contributed by atoms with van der Waals surface area (Å²) in [6.07, 6.45) is -0.256. The van der Waals surface area contributed by atoms with Crippen LogP contribution in [-0.2, 0) is 21.4 Å². The second-order valence-corrected chi connectivity index (χ2v) is 11.2. The molecule has 1 saturated heterocycles. The lowest BCUT2D eigenvalue weighted by Gasteiger charge is -2.36. The van der Waals surface area contributed by atoms with Gasteiger partial charge >= 0.3 is 0 Å². The minimum atomic E-state index is -3.76. The fraction of sp³-hybridized carbons (Fsp3) is 0.333. The van der Waals surface area contributed by atoms with Gasteiger partial charge in [-0.2, -0.15) is 4.31 Å². The summed E-state index contributed by atoms with van der Waals surface area (Å²) in [5.74, 6) is 0.220. The number of halogens is 2. The van der Waals surface area contributed by atoms with Crippen molar-refractivity contribution in [1.82, 2.24) is 9.21 Å². The molecule has 0 bridgehead atoms. The summed E-state index contributed by atoms with van der Waals surface area (Å²) >= 11 is 6.13. The molecule has 0 aromatic heterocycles. The molecular formula is C27H30ClFN2O4S. The molecule has 4 rings (SSSR count).